The minimum atomic E-state index is 0.113. The van der Waals surface area contributed by atoms with Crippen molar-refractivity contribution in [1.82, 2.24) is 0 Å². The van der Waals surface area contributed by atoms with E-state index in [2.05, 4.69) is 6.07 Å². The van der Waals surface area contributed by atoms with Crippen molar-refractivity contribution >= 4 is 17.1 Å². The molecule has 0 radical (unpaired) electrons. The van der Waals surface area contributed by atoms with Gasteiger partial charge in [-0.05, 0) is 25.5 Å². The average Bonchev–Trinajstić information content (AvgIpc) is 2.28. The molecule has 66 valence electrons. The van der Waals surface area contributed by atoms with E-state index >= 15 is 0 Å². The zero-order valence-electron chi connectivity index (χ0n) is 7.97. The van der Waals surface area contributed by atoms with Crippen molar-refractivity contribution in [3.05, 3.63) is 21.4 Å². The van der Waals surface area contributed by atoms with Crippen molar-refractivity contribution in [3.8, 4) is 0 Å². The number of rotatable bonds is 2. The molecular formula is C10H14OS. The fourth-order valence-corrected chi connectivity index (χ4v) is 2.26. The molecule has 0 unspecified atom stereocenters. The van der Waals surface area contributed by atoms with E-state index in [0.717, 1.165) is 10.4 Å². The second-order valence-corrected chi connectivity index (χ2v) is 4.64. The fraction of sp³-hybridized carbons (Fsp3) is 0.500. The number of ketones is 1. The summed E-state index contributed by atoms with van der Waals surface area (Å²) in [5.41, 5.74) is 1.12. The van der Waals surface area contributed by atoms with Crippen LogP contribution in [0, 0.1) is 19.8 Å². The van der Waals surface area contributed by atoms with E-state index in [1.54, 1.807) is 11.3 Å². The number of carbonyl (C=O) groups is 1. The van der Waals surface area contributed by atoms with Crippen molar-refractivity contribution in [2.45, 2.75) is 27.7 Å². The molecule has 0 aliphatic carbocycles. The second-order valence-electron chi connectivity index (χ2n) is 3.39. The third-order valence-electron chi connectivity index (χ3n) is 1.79. The van der Waals surface area contributed by atoms with E-state index in [-0.39, 0.29) is 11.7 Å². The smallest absolute Gasteiger partial charge is 0.175 e. The summed E-state index contributed by atoms with van der Waals surface area (Å²) in [5, 5.41) is 0. The highest BCUT2D eigenvalue weighted by molar-refractivity contribution is 7.14. The van der Waals surface area contributed by atoms with Crippen LogP contribution in [0.25, 0.3) is 0 Å². The Labute approximate surface area is 77.4 Å². The van der Waals surface area contributed by atoms with Gasteiger partial charge in [0.15, 0.2) is 5.78 Å². The Morgan fingerprint density at radius 2 is 2.00 bits per heavy atom. The third kappa shape index (κ3) is 1.75. The molecule has 1 rings (SSSR count). The molecule has 0 aliphatic rings. The summed E-state index contributed by atoms with van der Waals surface area (Å²) in [6.45, 7) is 7.92. The first-order valence-corrected chi connectivity index (χ1v) is 4.95. The van der Waals surface area contributed by atoms with Gasteiger partial charge in [0.2, 0.25) is 0 Å². The molecule has 0 spiro atoms. The Kier molecular flexibility index (Phi) is 2.68. The average molecular weight is 182 g/mol. The predicted molar refractivity (Wildman–Crippen MR) is 53.0 cm³/mol. The highest BCUT2D eigenvalue weighted by atomic mass is 32.1. The first-order chi connectivity index (χ1) is 5.52. The summed E-state index contributed by atoms with van der Waals surface area (Å²) >= 11 is 1.60. The van der Waals surface area contributed by atoms with Gasteiger partial charge >= 0.3 is 0 Å². The van der Waals surface area contributed by atoms with Gasteiger partial charge in [0.1, 0.15) is 0 Å². The zero-order chi connectivity index (χ0) is 9.30. The molecule has 12 heavy (non-hydrogen) atoms. The van der Waals surface area contributed by atoms with E-state index in [4.69, 9.17) is 0 Å². The molecule has 0 bridgehead atoms. The summed E-state index contributed by atoms with van der Waals surface area (Å²) in [6, 6.07) is 2.07. The van der Waals surface area contributed by atoms with Crippen molar-refractivity contribution < 1.29 is 4.79 Å². The first-order valence-electron chi connectivity index (χ1n) is 4.13. The van der Waals surface area contributed by atoms with Gasteiger partial charge in [-0.2, -0.15) is 0 Å². The zero-order valence-corrected chi connectivity index (χ0v) is 8.79. The van der Waals surface area contributed by atoms with Gasteiger partial charge in [-0.3, -0.25) is 4.79 Å². The van der Waals surface area contributed by atoms with E-state index in [1.165, 1.54) is 4.88 Å². The molecule has 1 aromatic heterocycles. The Morgan fingerprint density at radius 3 is 2.33 bits per heavy atom. The van der Waals surface area contributed by atoms with Crippen LogP contribution in [0.1, 0.15) is 34.0 Å². The third-order valence-corrected chi connectivity index (χ3v) is 2.96. The van der Waals surface area contributed by atoms with Crippen molar-refractivity contribution in [2.75, 3.05) is 0 Å². The molecule has 0 atom stereocenters. The summed E-state index contributed by atoms with van der Waals surface area (Å²) < 4.78 is 0. The van der Waals surface area contributed by atoms with E-state index in [9.17, 15) is 4.79 Å². The summed E-state index contributed by atoms with van der Waals surface area (Å²) in [6.07, 6.45) is 0. The second kappa shape index (κ2) is 3.40. The maximum Gasteiger partial charge on any atom is 0.175 e. The molecular weight excluding hydrogens is 168 g/mol. The van der Waals surface area contributed by atoms with E-state index < -0.39 is 0 Å². The van der Waals surface area contributed by atoms with Gasteiger partial charge in [-0.1, -0.05) is 13.8 Å². The summed E-state index contributed by atoms with van der Waals surface area (Å²) in [5.74, 6) is 0.382. The molecule has 0 saturated carbocycles. The van der Waals surface area contributed by atoms with Gasteiger partial charge in [0, 0.05) is 10.8 Å². The molecule has 0 aromatic carbocycles. The van der Waals surface area contributed by atoms with Crippen LogP contribution in [0.5, 0.6) is 0 Å². The highest BCUT2D eigenvalue weighted by Gasteiger charge is 2.14. The maximum atomic E-state index is 11.6. The topological polar surface area (TPSA) is 17.1 Å². The monoisotopic (exact) mass is 182 g/mol. The van der Waals surface area contributed by atoms with Crippen molar-refractivity contribution in [3.63, 3.8) is 0 Å². The quantitative estimate of drug-likeness (QED) is 0.642. The number of aryl methyl sites for hydroxylation is 2. The van der Waals surface area contributed by atoms with Crippen molar-refractivity contribution in [1.29, 1.82) is 0 Å². The minimum absolute atomic E-state index is 0.113. The van der Waals surface area contributed by atoms with Crippen LogP contribution in [-0.2, 0) is 0 Å². The standard InChI is InChI=1S/C10H14OS/c1-6(2)9(11)10-7(3)5-8(4)12-10/h5-6H,1-4H3. The molecule has 0 N–H and O–H groups in total. The molecule has 0 aliphatic heterocycles. The van der Waals surface area contributed by atoms with Crippen LogP contribution in [0.4, 0.5) is 0 Å². The first kappa shape index (κ1) is 9.46. The van der Waals surface area contributed by atoms with Crippen LogP contribution >= 0.6 is 11.3 Å². The van der Waals surface area contributed by atoms with Gasteiger partial charge in [0.25, 0.3) is 0 Å². The number of hydrogen-bond donors (Lipinski definition) is 0. The van der Waals surface area contributed by atoms with Gasteiger partial charge in [-0.15, -0.1) is 11.3 Å². The van der Waals surface area contributed by atoms with E-state index in [0.29, 0.717) is 0 Å². The normalized spacial score (nSPS) is 10.8. The molecule has 1 nitrogen and oxygen atoms in total. The molecule has 0 saturated heterocycles. The van der Waals surface area contributed by atoms with E-state index in [1.807, 2.05) is 27.7 Å². The summed E-state index contributed by atoms with van der Waals surface area (Å²) in [7, 11) is 0. The van der Waals surface area contributed by atoms with Gasteiger partial charge < -0.3 is 0 Å². The maximum absolute atomic E-state index is 11.6. The Hall–Kier alpha value is -0.630. The Morgan fingerprint density at radius 1 is 1.42 bits per heavy atom. The lowest BCUT2D eigenvalue weighted by atomic mass is 10.1. The predicted octanol–water partition coefficient (Wildman–Crippen LogP) is 3.20. The Balaban J connectivity index is 3.02. The van der Waals surface area contributed by atoms with Crippen LogP contribution in [-0.4, -0.2) is 5.78 Å². The summed E-state index contributed by atoms with van der Waals surface area (Å²) in [4.78, 5) is 13.7. The largest absolute Gasteiger partial charge is 0.293 e. The minimum Gasteiger partial charge on any atom is -0.293 e. The fourth-order valence-electron chi connectivity index (χ4n) is 1.15. The SMILES string of the molecule is Cc1cc(C)c(C(=O)C(C)C)s1. The number of thiophene rings is 1. The number of hydrogen-bond acceptors (Lipinski definition) is 2. The van der Waals surface area contributed by atoms with Crippen LogP contribution in [0.3, 0.4) is 0 Å². The lowest BCUT2D eigenvalue weighted by molar-refractivity contribution is 0.0943. The Bertz CT molecular complexity index is 297. The molecule has 1 heterocycles. The van der Waals surface area contributed by atoms with Gasteiger partial charge in [0.05, 0.1) is 4.88 Å². The number of Topliss-reactive ketones (excluding diaryl/α,β-unsaturated/α-hetero) is 1. The number of carbonyl (C=O) groups excluding carboxylic acids is 1. The highest BCUT2D eigenvalue weighted by Crippen LogP contribution is 2.23. The van der Waals surface area contributed by atoms with Crippen LogP contribution in [0.15, 0.2) is 6.07 Å². The van der Waals surface area contributed by atoms with Crippen LogP contribution < -0.4 is 0 Å². The van der Waals surface area contributed by atoms with Crippen molar-refractivity contribution in [2.24, 2.45) is 5.92 Å². The lowest BCUT2D eigenvalue weighted by Gasteiger charge is -2.01. The molecule has 0 fully saturated rings. The molecule has 2 heteroatoms. The van der Waals surface area contributed by atoms with Crippen LogP contribution in [0.2, 0.25) is 0 Å². The van der Waals surface area contributed by atoms with Gasteiger partial charge in [-0.25, -0.2) is 0 Å². The lowest BCUT2D eigenvalue weighted by Crippen LogP contribution is -2.06. The molecule has 1 aromatic rings. The molecule has 0 amide bonds.